The number of rotatable bonds is 6. The summed E-state index contributed by atoms with van der Waals surface area (Å²) in [5.74, 6) is 1.29. The lowest BCUT2D eigenvalue weighted by Gasteiger charge is -2.10. The summed E-state index contributed by atoms with van der Waals surface area (Å²) in [6.07, 6.45) is 4.36. The summed E-state index contributed by atoms with van der Waals surface area (Å²) in [7, 11) is 0. The van der Waals surface area contributed by atoms with Gasteiger partial charge in [-0.1, -0.05) is 6.07 Å². The Hall–Kier alpha value is -2.58. The maximum atomic E-state index is 4.55. The number of fused-ring (bicyclic) bond motifs is 1. The molecule has 2 N–H and O–H groups in total. The zero-order valence-corrected chi connectivity index (χ0v) is 16.1. The third kappa shape index (κ3) is 3.97. The summed E-state index contributed by atoms with van der Waals surface area (Å²) in [6.45, 7) is 0.735. The summed E-state index contributed by atoms with van der Waals surface area (Å²) in [5.41, 5.74) is 4.81. The minimum atomic E-state index is 0.539. The molecule has 3 heterocycles. The number of pyridine rings is 1. The van der Waals surface area contributed by atoms with Crippen molar-refractivity contribution in [1.82, 2.24) is 19.9 Å². The van der Waals surface area contributed by atoms with Crippen LogP contribution >= 0.6 is 27.3 Å². The molecule has 0 atom stereocenters. The van der Waals surface area contributed by atoms with Gasteiger partial charge in [0.15, 0.2) is 0 Å². The average molecular weight is 427 g/mol. The lowest BCUT2D eigenvalue weighted by molar-refractivity contribution is 0.949. The number of nitrogens with one attached hydrogen (secondary N) is 2. The van der Waals surface area contributed by atoms with Crippen LogP contribution in [0, 0.1) is 0 Å². The molecule has 0 amide bonds. The third-order valence-corrected chi connectivity index (χ3v) is 5.10. The Morgan fingerprint density at radius 2 is 2.04 bits per heavy atom. The maximum Gasteiger partial charge on any atom is 0.229 e. The first-order chi connectivity index (χ1) is 12.8. The van der Waals surface area contributed by atoms with Gasteiger partial charge in [0.2, 0.25) is 5.95 Å². The number of nitrogens with zero attached hydrogens (tertiary/aromatic N) is 4. The molecule has 0 aliphatic rings. The van der Waals surface area contributed by atoms with Crippen LogP contribution in [0.25, 0.3) is 10.2 Å². The van der Waals surface area contributed by atoms with E-state index < -0.39 is 0 Å². The van der Waals surface area contributed by atoms with Crippen molar-refractivity contribution in [2.45, 2.75) is 6.42 Å². The molecule has 0 fully saturated rings. The van der Waals surface area contributed by atoms with Crippen molar-refractivity contribution in [2.24, 2.45) is 0 Å². The zero-order chi connectivity index (χ0) is 17.8. The second-order valence-electron chi connectivity index (χ2n) is 5.55. The van der Waals surface area contributed by atoms with Crippen LogP contribution in [0.2, 0.25) is 0 Å². The second kappa shape index (κ2) is 7.76. The monoisotopic (exact) mass is 426 g/mol. The lowest BCUT2D eigenvalue weighted by Crippen LogP contribution is -2.09. The highest BCUT2D eigenvalue weighted by atomic mass is 79.9. The molecule has 0 saturated carbocycles. The molecule has 0 aliphatic heterocycles. The highest BCUT2D eigenvalue weighted by molar-refractivity contribution is 9.10. The van der Waals surface area contributed by atoms with Crippen LogP contribution in [0.4, 0.5) is 17.5 Å². The van der Waals surface area contributed by atoms with E-state index in [4.69, 9.17) is 0 Å². The van der Waals surface area contributed by atoms with Crippen molar-refractivity contribution in [3.63, 3.8) is 0 Å². The Labute approximate surface area is 162 Å². The van der Waals surface area contributed by atoms with Gasteiger partial charge >= 0.3 is 0 Å². The molecule has 0 unspecified atom stereocenters. The lowest BCUT2D eigenvalue weighted by atomic mass is 10.3. The number of hydrogen-bond donors (Lipinski definition) is 2. The molecular formula is C18H15BrN6S. The molecule has 0 aliphatic carbocycles. The first-order valence-corrected chi connectivity index (χ1v) is 9.72. The van der Waals surface area contributed by atoms with Gasteiger partial charge in [0, 0.05) is 36.7 Å². The SMILES string of the molecule is Brc1cnc(Nc2ccc3ncsc3c2)nc1NCCc1ccccn1. The maximum absolute atomic E-state index is 4.55. The summed E-state index contributed by atoms with van der Waals surface area (Å²) >= 11 is 5.10. The smallest absolute Gasteiger partial charge is 0.229 e. The van der Waals surface area contributed by atoms with Crippen molar-refractivity contribution in [2.75, 3.05) is 17.2 Å². The van der Waals surface area contributed by atoms with E-state index in [-0.39, 0.29) is 0 Å². The molecule has 4 rings (SSSR count). The van der Waals surface area contributed by atoms with E-state index in [1.165, 1.54) is 0 Å². The summed E-state index contributed by atoms with van der Waals surface area (Å²) < 4.78 is 1.95. The number of thiazole rings is 1. The summed E-state index contributed by atoms with van der Waals surface area (Å²) in [6, 6.07) is 11.9. The predicted molar refractivity (Wildman–Crippen MR) is 109 cm³/mol. The summed E-state index contributed by atoms with van der Waals surface area (Å²) in [4.78, 5) is 17.5. The molecule has 6 nitrogen and oxygen atoms in total. The van der Waals surface area contributed by atoms with E-state index in [1.54, 1.807) is 23.7 Å². The van der Waals surface area contributed by atoms with Crippen LogP contribution in [-0.4, -0.2) is 26.5 Å². The van der Waals surface area contributed by atoms with Gasteiger partial charge in [0.05, 0.1) is 20.2 Å². The Kier molecular flexibility index (Phi) is 5.03. The number of halogens is 1. The van der Waals surface area contributed by atoms with Crippen LogP contribution in [-0.2, 0) is 6.42 Å². The fraction of sp³-hybridized carbons (Fsp3) is 0.111. The van der Waals surface area contributed by atoms with Crippen molar-refractivity contribution >= 4 is 54.9 Å². The minimum Gasteiger partial charge on any atom is -0.369 e. The van der Waals surface area contributed by atoms with Gasteiger partial charge < -0.3 is 10.6 Å². The van der Waals surface area contributed by atoms with Crippen molar-refractivity contribution < 1.29 is 0 Å². The van der Waals surface area contributed by atoms with Gasteiger partial charge in [-0.3, -0.25) is 4.98 Å². The number of benzene rings is 1. The van der Waals surface area contributed by atoms with E-state index >= 15 is 0 Å². The third-order valence-electron chi connectivity index (χ3n) is 3.73. The molecule has 130 valence electrons. The van der Waals surface area contributed by atoms with Crippen molar-refractivity contribution in [3.05, 3.63) is 64.5 Å². The van der Waals surface area contributed by atoms with E-state index in [1.807, 2.05) is 41.9 Å². The fourth-order valence-corrected chi connectivity index (χ4v) is 3.52. The normalized spacial score (nSPS) is 10.8. The molecular weight excluding hydrogens is 412 g/mol. The fourth-order valence-electron chi connectivity index (χ4n) is 2.47. The Bertz CT molecular complexity index is 1020. The molecule has 0 spiro atoms. The van der Waals surface area contributed by atoms with Crippen molar-refractivity contribution in [3.8, 4) is 0 Å². The van der Waals surface area contributed by atoms with Gasteiger partial charge in [0.25, 0.3) is 0 Å². The molecule has 3 aromatic heterocycles. The average Bonchev–Trinajstić information content (AvgIpc) is 3.13. The van der Waals surface area contributed by atoms with Crippen LogP contribution < -0.4 is 10.6 Å². The number of aromatic nitrogens is 4. The van der Waals surface area contributed by atoms with Crippen LogP contribution in [0.5, 0.6) is 0 Å². The molecule has 26 heavy (non-hydrogen) atoms. The standard InChI is InChI=1S/C18H15BrN6S/c19-14-10-22-18(24-13-4-5-15-16(9-13)26-11-23-15)25-17(14)21-8-6-12-3-1-2-7-20-12/h1-5,7,9-11H,6,8H2,(H2,21,22,24,25). The molecule has 0 bridgehead atoms. The van der Waals surface area contributed by atoms with Gasteiger partial charge in [-0.25, -0.2) is 9.97 Å². The number of anilines is 3. The highest BCUT2D eigenvalue weighted by Crippen LogP contribution is 2.25. The van der Waals surface area contributed by atoms with E-state index in [9.17, 15) is 0 Å². The van der Waals surface area contributed by atoms with E-state index in [0.29, 0.717) is 5.95 Å². The van der Waals surface area contributed by atoms with E-state index in [0.717, 1.165) is 44.9 Å². The number of hydrogen-bond acceptors (Lipinski definition) is 7. The highest BCUT2D eigenvalue weighted by Gasteiger charge is 2.06. The molecule has 4 aromatic rings. The van der Waals surface area contributed by atoms with Crippen LogP contribution in [0.3, 0.4) is 0 Å². The quantitative estimate of drug-likeness (QED) is 0.467. The van der Waals surface area contributed by atoms with Gasteiger partial charge in [-0.05, 0) is 46.3 Å². The topological polar surface area (TPSA) is 75.6 Å². The molecule has 0 saturated heterocycles. The van der Waals surface area contributed by atoms with Gasteiger partial charge in [-0.2, -0.15) is 4.98 Å². The zero-order valence-electron chi connectivity index (χ0n) is 13.7. The Morgan fingerprint density at radius 1 is 1.08 bits per heavy atom. The molecule has 8 heteroatoms. The molecule has 0 radical (unpaired) electrons. The first kappa shape index (κ1) is 16.9. The minimum absolute atomic E-state index is 0.539. The van der Waals surface area contributed by atoms with Crippen LogP contribution in [0.1, 0.15) is 5.69 Å². The largest absolute Gasteiger partial charge is 0.369 e. The van der Waals surface area contributed by atoms with E-state index in [2.05, 4.69) is 46.5 Å². The first-order valence-electron chi connectivity index (χ1n) is 8.04. The van der Waals surface area contributed by atoms with Crippen molar-refractivity contribution in [1.29, 1.82) is 0 Å². The van der Waals surface area contributed by atoms with Gasteiger partial charge in [-0.15, -0.1) is 11.3 Å². The van der Waals surface area contributed by atoms with Gasteiger partial charge in [0.1, 0.15) is 5.82 Å². The Balaban J connectivity index is 1.45. The Morgan fingerprint density at radius 3 is 2.92 bits per heavy atom. The second-order valence-corrected chi connectivity index (χ2v) is 7.29. The predicted octanol–water partition coefficient (Wildman–Crippen LogP) is 4.64. The molecule has 1 aromatic carbocycles. The van der Waals surface area contributed by atoms with Crippen LogP contribution in [0.15, 0.2) is 58.8 Å². The summed E-state index contributed by atoms with van der Waals surface area (Å²) in [5, 5.41) is 6.57.